The summed E-state index contributed by atoms with van der Waals surface area (Å²) >= 11 is 0. The highest BCUT2D eigenvalue weighted by atomic mass is 19.1. The molecule has 0 aromatic rings. The highest BCUT2D eigenvalue weighted by Crippen LogP contribution is 2.02. The Kier molecular flexibility index (Phi) is 9.38. The maximum absolute atomic E-state index is 11.6. The van der Waals surface area contributed by atoms with Crippen LogP contribution in [0.1, 0.15) is 45.4 Å². The summed E-state index contributed by atoms with van der Waals surface area (Å²) in [6.07, 6.45) is 10.9. The Bertz CT molecular complexity index is 86.9. The molecule has 0 bridgehead atoms. The van der Waals surface area contributed by atoms with Crippen molar-refractivity contribution in [1.82, 2.24) is 0 Å². The maximum atomic E-state index is 11.6. The van der Waals surface area contributed by atoms with Gasteiger partial charge in [-0.1, -0.05) is 38.3 Å². The zero-order valence-corrected chi connectivity index (χ0v) is 7.48. The molecule has 0 aliphatic heterocycles. The molecule has 0 N–H and O–H groups in total. The standard InChI is InChI=1S/C10H19F/c1-2-3-4-5-6-7-8-9-10-11/h7-8H,2-6,9-10H2,1H3. The molecule has 0 radical (unpaired) electrons. The second-order valence-corrected chi connectivity index (χ2v) is 2.80. The normalized spacial score (nSPS) is 11.1. The first kappa shape index (κ1) is 10.7. The quantitative estimate of drug-likeness (QED) is 0.389. The van der Waals surface area contributed by atoms with Crippen molar-refractivity contribution in [2.24, 2.45) is 0 Å². The molecule has 1 heteroatoms. The number of halogens is 1. The number of hydrogen-bond donors (Lipinski definition) is 0. The topological polar surface area (TPSA) is 0 Å². The minimum Gasteiger partial charge on any atom is -0.251 e. The lowest BCUT2D eigenvalue weighted by Crippen LogP contribution is -1.74. The molecule has 0 fully saturated rings. The first-order valence-corrected chi connectivity index (χ1v) is 4.62. The van der Waals surface area contributed by atoms with E-state index in [0.717, 1.165) is 6.42 Å². The predicted octanol–water partition coefficient (Wildman–Crippen LogP) is 3.87. The molecule has 11 heavy (non-hydrogen) atoms. The fourth-order valence-corrected chi connectivity index (χ4v) is 0.988. The third kappa shape index (κ3) is 9.67. The van der Waals surface area contributed by atoms with Crippen molar-refractivity contribution in [2.45, 2.75) is 45.4 Å². The number of hydrogen-bond acceptors (Lipinski definition) is 0. The zero-order chi connectivity index (χ0) is 8.36. The van der Waals surface area contributed by atoms with Gasteiger partial charge in [-0.2, -0.15) is 0 Å². The lowest BCUT2D eigenvalue weighted by Gasteiger charge is -1.93. The van der Waals surface area contributed by atoms with Crippen molar-refractivity contribution >= 4 is 0 Å². The van der Waals surface area contributed by atoms with Crippen LogP contribution in [0.4, 0.5) is 4.39 Å². The lowest BCUT2D eigenvalue weighted by molar-refractivity contribution is 0.500. The molecule has 0 aliphatic carbocycles. The molecule has 66 valence electrons. The van der Waals surface area contributed by atoms with E-state index in [1.54, 1.807) is 0 Å². The average Bonchev–Trinajstić information content (AvgIpc) is 2.03. The molecule has 0 unspecified atom stereocenters. The van der Waals surface area contributed by atoms with E-state index < -0.39 is 0 Å². The largest absolute Gasteiger partial charge is 0.251 e. The third-order valence-corrected chi connectivity index (χ3v) is 1.67. The summed E-state index contributed by atoms with van der Waals surface area (Å²) in [7, 11) is 0. The summed E-state index contributed by atoms with van der Waals surface area (Å²) in [4.78, 5) is 0. The summed E-state index contributed by atoms with van der Waals surface area (Å²) in [5, 5.41) is 0. The van der Waals surface area contributed by atoms with Gasteiger partial charge in [0.25, 0.3) is 0 Å². The molecule has 0 atom stereocenters. The van der Waals surface area contributed by atoms with Crippen molar-refractivity contribution in [1.29, 1.82) is 0 Å². The summed E-state index contributed by atoms with van der Waals surface area (Å²) in [5.41, 5.74) is 0. The number of unbranched alkanes of at least 4 members (excludes halogenated alkanes) is 4. The summed E-state index contributed by atoms with van der Waals surface area (Å²) in [6, 6.07) is 0. The lowest BCUT2D eigenvalue weighted by atomic mass is 10.1. The van der Waals surface area contributed by atoms with E-state index in [9.17, 15) is 4.39 Å². The van der Waals surface area contributed by atoms with Gasteiger partial charge < -0.3 is 0 Å². The van der Waals surface area contributed by atoms with Crippen LogP contribution in [0, 0.1) is 0 Å². The SMILES string of the molecule is CCCCCCC=CCCF. The monoisotopic (exact) mass is 158 g/mol. The number of rotatable bonds is 7. The Morgan fingerprint density at radius 2 is 1.73 bits per heavy atom. The maximum Gasteiger partial charge on any atom is 0.0928 e. The van der Waals surface area contributed by atoms with Crippen molar-refractivity contribution in [2.75, 3.05) is 6.67 Å². The zero-order valence-electron chi connectivity index (χ0n) is 7.48. The molecule has 0 amide bonds. The fraction of sp³-hybridized carbons (Fsp3) is 0.800. The molecular weight excluding hydrogens is 139 g/mol. The van der Waals surface area contributed by atoms with Gasteiger partial charge in [-0.05, 0) is 19.3 Å². The van der Waals surface area contributed by atoms with Crippen molar-refractivity contribution in [3.8, 4) is 0 Å². The molecule has 0 aromatic carbocycles. The van der Waals surface area contributed by atoms with Crippen LogP contribution in [0.5, 0.6) is 0 Å². The molecule has 0 heterocycles. The average molecular weight is 158 g/mol. The van der Waals surface area contributed by atoms with E-state index in [-0.39, 0.29) is 6.67 Å². The minimum atomic E-state index is -0.217. The van der Waals surface area contributed by atoms with E-state index in [2.05, 4.69) is 13.0 Å². The van der Waals surface area contributed by atoms with E-state index >= 15 is 0 Å². The molecule has 0 saturated heterocycles. The Morgan fingerprint density at radius 1 is 1.00 bits per heavy atom. The van der Waals surface area contributed by atoms with E-state index in [4.69, 9.17) is 0 Å². The Morgan fingerprint density at radius 3 is 2.36 bits per heavy atom. The van der Waals surface area contributed by atoms with Gasteiger partial charge in [0.1, 0.15) is 0 Å². The van der Waals surface area contributed by atoms with E-state index in [1.165, 1.54) is 25.7 Å². The minimum absolute atomic E-state index is 0.217. The van der Waals surface area contributed by atoms with Gasteiger partial charge in [0.2, 0.25) is 0 Å². The van der Waals surface area contributed by atoms with Crippen LogP contribution in [0.15, 0.2) is 12.2 Å². The Labute approximate surface area is 69.5 Å². The van der Waals surface area contributed by atoms with Crippen molar-refractivity contribution in [3.05, 3.63) is 12.2 Å². The van der Waals surface area contributed by atoms with Crippen LogP contribution >= 0.6 is 0 Å². The van der Waals surface area contributed by atoms with Gasteiger partial charge in [-0.3, -0.25) is 4.39 Å². The molecule has 0 nitrogen and oxygen atoms in total. The summed E-state index contributed by atoms with van der Waals surface area (Å²) < 4.78 is 11.6. The number of alkyl halides is 1. The van der Waals surface area contributed by atoms with E-state index in [0.29, 0.717) is 6.42 Å². The predicted molar refractivity (Wildman–Crippen MR) is 48.5 cm³/mol. The molecule has 0 saturated carbocycles. The van der Waals surface area contributed by atoms with Gasteiger partial charge in [0, 0.05) is 0 Å². The summed E-state index contributed by atoms with van der Waals surface area (Å²) in [5.74, 6) is 0. The van der Waals surface area contributed by atoms with Crippen LogP contribution in [0.3, 0.4) is 0 Å². The second kappa shape index (κ2) is 9.67. The van der Waals surface area contributed by atoms with Crippen molar-refractivity contribution < 1.29 is 4.39 Å². The molecule has 0 rings (SSSR count). The van der Waals surface area contributed by atoms with Crippen LogP contribution < -0.4 is 0 Å². The first-order chi connectivity index (χ1) is 5.41. The highest BCUT2D eigenvalue weighted by Gasteiger charge is 1.83. The van der Waals surface area contributed by atoms with Gasteiger partial charge in [-0.15, -0.1) is 0 Å². The van der Waals surface area contributed by atoms with Crippen LogP contribution in [-0.2, 0) is 0 Å². The van der Waals surface area contributed by atoms with Crippen LogP contribution in [0.25, 0.3) is 0 Å². The Hall–Kier alpha value is -0.330. The molecule has 0 spiro atoms. The van der Waals surface area contributed by atoms with Crippen molar-refractivity contribution in [3.63, 3.8) is 0 Å². The molecule has 0 aliphatic rings. The van der Waals surface area contributed by atoms with E-state index in [1.807, 2.05) is 6.08 Å². The van der Waals surface area contributed by atoms with Crippen LogP contribution in [-0.4, -0.2) is 6.67 Å². The smallest absolute Gasteiger partial charge is 0.0928 e. The van der Waals surface area contributed by atoms with Gasteiger partial charge >= 0.3 is 0 Å². The highest BCUT2D eigenvalue weighted by molar-refractivity contribution is 4.80. The second-order valence-electron chi connectivity index (χ2n) is 2.80. The van der Waals surface area contributed by atoms with Crippen LogP contribution in [0.2, 0.25) is 0 Å². The number of allylic oxidation sites excluding steroid dienone is 2. The summed E-state index contributed by atoms with van der Waals surface area (Å²) in [6.45, 7) is 1.99. The fourth-order valence-electron chi connectivity index (χ4n) is 0.988. The third-order valence-electron chi connectivity index (χ3n) is 1.67. The Balaban J connectivity index is 2.89. The molecular formula is C10H19F. The van der Waals surface area contributed by atoms with Gasteiger partial charge in [0.05, 0.1) is 6.67 Å². The molecule has 0 aromatic heterocycles. The first-order valence-electron chi connectivity index (χ1n) is 4.62. The van der Waals surface area contributed by atoms with Gasteiger partial charge in [-0.25, -0.2) is 0 Å². The van der Waals surface area contributed by atoms with Gasteiger partial charge in [0.15, 0.2) is 0 Å².